The molecule has 0 amide bonds. The van der Waals surface area contributed by atoms with E-state index in [1.54, 1.807) is 0 Å². The number of carboxylic acids is 6. The van der Waals surface area contributed by atoms with E-state index in [2.05, 4.69) is 0 Å². The van der Waals surface area contributed by atoms with Crippen LogP contribution in [-0.4, -0.2) is 66.5 Å². The molecule has 0 spiro atoms. The average molecular weight is 772 g/mol. The molecule has 0 bridgehead atoms. The quantitative estimate of drug-likeness (QED) is 0.140. The maximum absolute atomic E-state index is 9.10. The van der Waals surface area contributed by atoms with E-state index in [9.17, 15) is 0 Å². The first-order valence-corrected chi connectivity index (χ1v) is 3.32. The summed E-state index contributed by atoms with van der Waals surface area (Å²) >= 11 is 0. The van der Waals surface area contributed by atoms with Crippen molar-refractivity contribution in [1.29, 1.82) is 0 Å². The molecule has 0 radical (unpaired) electrons. The van der Waals surface area contributed by atoms with E-state index < -0.39 is 35.8 Å². The zero-order chi connectivity index (χ0) is 15.5. The molecule has 14 heteroatoms. The minimum absolute atomic E-state index is 0. The molecule has 0 aliphatic rings. The van der Waals surface area contributed by atoms with Crippen LogP contribution in [-0.2, 0) is 28.8 Å². The average Bonchev–Trinajstić information content (AvgIpc) is 2.18. The Labute approximate surface area is 96.3 Å². The minimum atomic E-state index is -1.82. The van der Waals surface area contributed by atoms with Gasteiger partial charge in [-0.3, -0.25) is 0 Å². The molecule has 0 aromatic rings. The van der Waals surface area contributed by atoms with Gasteiger partial charge in [0.25, 0.3) is 0 Å². The molecule has 0 aromatic heterocycles. The van der Waals surface area contributed by atoms with Crippen LogP contribution in [0.5, 0.6) is 0 Å². The molecule has 20 heavy (non-hydrogen) atoms. The van der Waals surface area contributed by atoms with Crippen LogP contribution >= 0.6 is 0 Å². The van der Waals surface area contributed by atoms with Crippen molar-refractivity contribution < 1.29 is 59.4 Å². The van der Waals surface area contributed by atoms with Crippen molar-refractivity contribution in [2.45, 2.75) is 0 Å². The monoisotopic (exact) mass is 768 g/mol. The fraction of sp³-hybridized carbons (Fsp3) is 0. The summed E-state index contributed by atoms with van der Waals surface area (Å²) in [6, 6.07) is 0. The normalized spacial score (nSPS) is 6.60. The Hall–Kier alpha value is -5.18. The van der Waals surface area contributed by atoms with Crippen molar-refractivity contribution in [3.8, 4) is 0 Å². The van der Waals surface area contributed by atoms with Crippen molar-refractivity contribution in [3.63, 3.8) is 0 Å². The molecule has 0 aromatic carbocycles. The Morgan fingerprint density at radius 1 is 0.350 bits per heavy atom. The summed E-state index contributed by atoms with van der Waals surface area (Å²) in [5, 5.41) is 44.3. The van der Waals surface area contributed by atoms with Crippen molar-refractivity contribution in [2.75, 3.05) is 0 Å². The molecule has 12 nitrogen and oxygen atoms in total. The summed E-state index contributed by atoms with van der Waals surface area (Å²) in [5.74, 6) is -10.9. The van der Waals surface area contributed by atoms with E-state index in [0.29, 0.717) is 0 Å². The maximum Gasteiger partial charge on any atom is 0.414 e. The van der Waals surface area contributed by atoms with E-state index in [-0.39, 0.29) is 0 Å². The summed E-state index contributed by atoms with van der Waals surface area (Å²) in [4.78, 5) is 54.6. The second kappa shape index (κ2) is 13.8. The maximum atomic E-state index is 9.10. The topological polar surface area (TPSA) is 224 Å². The zero-order valence-electron chi connectivity index (χ0n) is 8.77. The molecular formula is C6H6Cf2O12. The Morgan fingerprint density at radius 3 is 0.400 bits per heavy atom. The summed E-state index contributed by atoms with van der Waals surface area (Å²) in [7, 11) is 0. The predicted molar refractivity (Wildman–Crippen MR) is 45.8 cm³/mol. The van der Waals surface area contributed by atoms with Crippen LogP contribution in [0.3, 0.4) is 0 Å². The molecular weight excluding hydrogens is 766 g/mol. The molecule has 0 aliphatic carbocycles. The molecule has 0 unspecified atom stereocenters. The number of carbonyl (C=O) groups is 6. The molecule has 0 saturated heterocycles. The Bertz CT molecular complexity index is 281. The third-order valence-electron chi connectivity index (χ3n) is 0.549. The van der Waals surface area contributed by atoms with Crippen LogP contribution in [0.2, 0.25) is 0 Å². The number of carboxylic acid groups (broad SMARTS) is 6. The third-order valence-corrected chi connectivity index (χ3v) is 0.549. The first-order valence-electron chi connectivity index (χ1n) is 3.32. The Kier molecular flexibility index (Phi) is 20.3. The summed E-state index contributed by atoms with van der Waals surface area (Å²) < 4.78 is 0. The molecule has 0 aliphatic heterocycles. The summed E-state index contributed by atoms with van der Waals surface area (Å²) in [6.45, 7) is 0. The van der Waals surface area contributed by atoms with Crippen molar-refractivity contribution in [1.82, 2.24) is 0 Å². The fourth-order valence-corrected chi connectivity index (χ4v) is 0. The smallest absolute Gasteiger partial charge is 0.414 e. The zero-order valence-corrected chi connectivity index (χ0v) is 14.0. The van der Waals surface area contributed by atoms with Gasteiger partial charge in [0.05, 0.1) is 0 Å². The van der Waals surface area contributed by atoms with Gasteiger partial charge in [-0.05, 0) is 0 Å². The largest absolute Gasteiger partial charge is 0.473 e. The molecule has 0 heterocycles. The summed E-state index contributed by atoms with van der Waals surface area (Å²) in [6.07, 6.45) is 0. The van der Waals surface area contributed by atoms with E-state index in [0.717, 1.165) is 0 Å². The van der Waals surface area contributed by atoms with Gasteiger partial charge < -0.3 is 30.6 Å². The molecule has 6 N–H and O–H groups in total. The molecule has 0 saturated carbocycles. The van der Waals surface area contributed by atoms with E-state index >= 15 is 0 Å². The number of aliphatic carboxylic acids is 6. The van der Waals surface area contributed by atoms with Gasteiger partial charge in [-0.1, -0.05) is 0 Å². The second-order valence-electron chi connectivity index (χ2n) is 1.83. The van der Waals surface area contributed by atoms with Crippen molar-refractivity contribution >= 4 is 35.8 Å². The standard InChI is InChI=1S/3C2H2O4.2Cf/c3*3-1(4)2(5)6;;/h3*(H,3,4)(H,5,6);;. The predicted octanol–water partition coefficient (Wildman–Crippen LogP) is -2.53. The molecule has 0 rings (SSSR count). The number of hydrogen-bond donors (Lipinski definition) is 6. The van der Waals surface area contributed by atoms with Crippen LogP contribution < -0.4 is 0 Å². The van der Waals surface area contributed by atoms with E-state index in [4.69, 9.17) is 59.4 Å². The SMILES string of the molecule is O=C(O)C(=O)O.O=C(O)C(=O)O.O=C(O)C(=O)O.[Cf].[Cf]. The van der Waals surface area contributed by atoms with Crippen molar-refractivity contribution in [2.24, 2.45) is 0 Å². The minimum Gasteiger partial charge on any atom is -0.473 e. The Balaban J connectivity index is -0.0000000536. The van der Waals surface area contributed by atoms with E-state index in [1.807, 2.05) is 0 Å². The third kappa shape index (κ3) is 38.5. The first-order chi connectivity index (χ1) is 7.93. The van der Waals surface area contributed by atoms with Crippen LogP contribution in [0.25, 0.3) is 0 Å². The molecule has 0 atom stereocenters. The van der Waals surface area contributed by atoms with Gasteiger partial charge >= 0.3 is 35.8 Å². The van der Waals surface area contributed by atoms with Crippen LogP contribution in [0.4, 0.5) is 0 Å². The van der Waals surface area contributed by atoms with Crippen molar-refractivity contribution in [3.05, 3.63) is 0 Å². The first kappa shape index (κ1) is 29.4. The van der Waals surface area contributed by atoms with Gasteiger partial charge in [-0.15, -0.1) is 0 Å². The second-order valence-corrected chi connectivity index (χ2v) is 1.83. The van der Waals surface area contributed by atoms with Gasteiger partial charge in [-0.25, -0.2) is 28.8 Å². The van der Waals surface area contributed by atoms with Gasteiger partial charge in [0, 0.05) is 0 Å². The molecule has 0 fully saturated rings. The number of rotatable bonds is 0. The van der Waals surface area contributed by atoms with Crippen LogP contribution in [0.1, 0.15) is 0 Å². The van der Waals surface area contributed by atoms with E-state index in [1.165, 1.54) is 0 Å². The fourth-order valence-electron chi connectivity index (χ4n) is 0. The van der Waals surface area contributed by atoms with Gasteiger partial charge in [0.2, 0.25) is 0 Å². The Morgan fingerprint density at radius 2 is 0.400 bits per heavy atom. The van der Waals surface area contributed by atoms with Gasteiger partial charge in [0.15, 0.2) is 0 Å². The molecule has 122 valence electrons. The summed E-state index contributed by atoms with van der Waals surface area (Å²) in [5.41, 5.74) is 0. The number of hydrogen-bond acceptors (Lipinski definition) is 6. The van der Waals surface area contributed by atoms with Crippen LogP contribution in [0, 0.1) is 0 Å². The van der Waals surface area contributed by atoms with Crippen LogP contribution in [0.15, 0.2) is 0 Å². The van der Waals surface area contributed by atoms with Gasteiger partial charge in [-0.2, -0.15) is 0 Å². The van der Waals surface area contributed by atoms with Gasteiger partial charge in [0.1, 0.15) is 0 Å².